The van der Waals surface area contributed by atoms with E-state index in [0.29, 0.717) is 22.4 Å². The molecule has 0 bridgehead atoms. The van der Waals surface area contributed by atoms with Gasteiger partial charge < -0.3 is 24.8 Å². The lowest BCUT2D eigenvalue weighted by molar-refractivity contribution is 0.00943. The first-order valence-electron chi connectivity index (χ1n) is 17.1. The van der Waals surface area contributed by atoms with Crippen LogP contribution in [0.1, 0.15) is 98.1 Å². The van der Waals surface area contributed by atoms with E-state index in [9.17, 15) is 5.26 Å². The summed E-state index contributed by atoms with van der Waals surface area (Å²) < 4.78 is 14.5. The average Bonchev–Trinajstić information content (AvgIpc) is 3.86. The van der Waals surface area contributed by atoms with E-state index in [-0.39, 0.29) is 17.0 Å². The molecular weight excluding hydrogens is 599 g/mol. The minimum atomic E-state index is -0.386. The lowest BCUT2D eigenvalue weighted by Gasteiger charge is -2.55. The quantitative estimate of drug-likeness (QED) is 0.311. The van der Waals surface area contributed by atoms with Crippen LogP contribution in [0.3, 0.4) is 0 Å². The summed E-state index contributed by atoms with van der Waals surface area (Å²) in [6, 6.07) is 3.00. The molecule has 4 aromatic rings. The molecule has 3 fully saturated rings. The first-order valence-corrected chi connectivity index (χ1v) is 17.9. The fourth-order valence-electron chi connectivity index (χ4n) is 9.56. The van der Waals surface area contributed by atoms with Gasteiger partial charge in [-0.3, -0.25) is 0 Å². The molecule has 2 N–H and O–H groups in total. The van der Waals surface area contributed by atoms with Crippen molar-refractivity contribution in [1.82, 2.24) is 29.8 Å². The molecule has 3 saturated heterocycles. The fraction of sp³-hybridized carbons (Fsp3) is 0.618. The molecule has 0 saturated carbocycles. The second-order valence-electron chi connectivity index (χ2n) is 14.3. The van der Waals surface area contributed by atoms with Gasteiger partial charge in [-0.15, -0.1) is 11.3 Å². The molecule has 11 nitrogen and oxygen atoms in total. The molecule has 7 heterocycles. The van der Waals surface area contributed by atoms with Crippen molar-refractivity contribution in [3.8, 4) is 17.6 Å². The Morgan fingerprint density at radius 3 is 2.72 bits per heavy atom. The Kier molecular flexibility index (Phi) is 6.54. The van der Waals surface area contributed by atoms with Gasteiger partial charge in [0, 0.05) is 29.6 Å². The SMILES string of the molecule is C[C@@H]([C@@H]1CCCN1C)n1ncc2c(N3CC[C@@]34CCCOC4)nc(-c3noc4c3CCC[C@@]43CCCc4sc(N)c(C#N)c43)nc21. The lowest BCUT2D eigenvalue weighted by Crippen LogP contribution is -2.64. The molecule has 2 spiro atoms. The van der Waals surface area contributed by atoms with Crippen molar-refractivity contribution in [2.24, 2.45) is 0 Å². The highest BCUT2D eigenvalue weighted by Crippen LogP contribution is 2.55. The molecule has 4 atom stereocenters. The van der Waals surface area contributed by atoms with Gasteiger partial charge in [-0.25, -0.2) is 14.6 Å². The number of hydrogen-bond acceptors (Lipinski definition) is 11. The fourth-order valence-corrected chi connectivity index (χ4v) is 10.7. The summed E-state index contributed by atoms with van der Waals surface area (Å²) in [4.78, 5) is 16.7. The van der Waals surface area contributed by atoms with Crippen LogP contribution in [-0.2, 0) is 23.0 Å². The summed E-state index contributed by atoms with van der Waals surface area (Å²) in [6.45, 7) is 5.85. The smallest absolute Gasteiger partial charge is 0.186 e. The number of nitrogens with zero attached hydrogens (tertiary/aromatic N) is 8. The Balaban J connectivity index is 1.21. The predicted molar refractivity (Wildman–Crippen MR) is 176 cm³/mol. The molecule has 4 aromatic heterocycles. The normalized spacial score (nSPS) is 28.4. The van der Waals surface area contributed by atoms with E-state index in [4.69, 9.17) is 35.2 Å². The third-order valence-electron chi connectivity index (χ3n) is 12.0. The number of rotatable bonds is 4. The van der Waals surface area contributed by atoms with Gasteiger partial charge in [0.15, 0.2) is 22.9 Å². The van der Waals surface area contributed by atoms with Gasteiger partial charge in [0.2, 0.25) is 0 Å². The Morgan fingerprint density at radius 2 is 1.98 bits per heavy atom. The minimum absolute atomic E-state index is 0.0332. The van der Waals surface area contributed by atoms with Crippen LogP contribution in [-0.4, -0.2) is 74.7 Å². The summed E-state index contributed by atoms with van der Waals surface area (Å²) in [5.74, 6) is 2.40. The number of likely N-dealkylation sites (tertiary alicyclic amines) is 1. The zero-order valence-electron chi connectivity index (χ0n) is 26.7. The van der Waals surface area contributed by atoms with E-state index in [1.165, 1.54) is 11.3 Å². The van der Waals surface area contributed by atoms with E-state index < -0.39 is 0 Å². The standard InChI is InChI=1S/C34H41N9O2S/c1-20(24-8-5-14-41(24)2)43-32-23(18-37-43)31(42-15-13-33(42)10-6-16-44-19-33)38-30(39-32)27-21-7-3-11-34(28(21)45-40-27)12-4-9-25-26(34)22(17-35)29(36)46-25/h18,20,24H,3-16,19,36H2,1-2H3/t20-,24-,33+,34-/m0/s1. The molecule has 9 rings (SSSR count). The number of aryl methyl sites for hydroxylation is 1. The summed E-state index contributed by atoms with van der Waals surface area (Å²) in [5, 5.41) is 21.5. The summed E-state index contributed by atoms with van der Waals surface area (Å²) >= 11 is 1.57. The predicted octanol–water partition coefficient (Wildman–Crippen LogP) is 5.37. The number of fused-ring (bicyclic) bond motifs is 5. The Morgan fingerprint density at radius 1 is 1.11 bits per heavy atom. The first-order chi connectivity index (χ1) is 22.4. The van der Waals surface area contributed by atoms with E-state index in [2.05, 4.69) is 34.5 Å². The van der Waals surface area contributed by atoms with E-state index in [0.717, 1.165) is 130 Å². The highest BCUT2D eigenvalue weighted by Gasteiger charge is 2.50. The first kappa shape index (κ1) is 28.7. The maximum atomic E-state index is 10.2. The van der Waals surface area contributed by atoms with Crippen LogP contribution in [0.5, 0.6) is 0 Å². The maximum Gasteiger partial charge on any atom is 0.186 e. The van der Waals surface area contributed by atoms with Gasteiger partial charge in [0.05, 0.1) is 40.7 Å². The Labute approximate surface area is 272 Å². The van der Waals surface area contributed by atoms with E-state index >= 15 is 0 Å². The van der Waals surface area contributed by atoms with Crippen LogP contribution in [0, 0.1) is 11.3 Å². The number of aromatic nitrogens is 5. The van der Waals surface area contributed by atoms with Crippen molar-refractivity contribution in [1.29, 1.82) is 5.26 Å². The van der Waals surface area contributed by atoms with Crippen molar-refractivity contribution >= 4 is 33.2 Å². The molecule has 240 valence electrons. The number of thiophene rings is 1. The topological polar surface area (TPSA) is 135 Å². The van der Waals surface area contributed by atoms with E-state index in [1.54, 1.807) is 11.3 Å². The maximum absolute atomic E-state index is 10.2. The van der Waals surface area contributed by atoms with Gasteiger partial charge in [0.1, 0.15) is 16.9 Å². The number of likely N-dealkylation sites (N-methyl/N-ethyl adjacent to an activating group) is 1. The molecule has 0 unspecified atom stereocenters. The summed E-state index contributed by atoms with van der Waals surface area (Å²) in [5.41, 5.74) is 10.3. The number of ether oxygens (including phenoxy) is 1. The molecular formula is C34H41N9O2S. The van der Waals surface area contributed by atoms with Crippen molar-refractivity contribution in [3.05, 3.63) is 33.5 Å². The number of nitrogen functional groups attached to an aromatic ring is 1. The van der Waals surface area contributed by atoms with Crippen LogP contribution in [0.4, 0.5) is 10.8 Å². The number of nitrogens with two attached hydrogens (primary N) is 1. The van der Waals surface area contributed by atoms with Crippen LogP contribution in [0.15, 0.2) is 10.7 Å². The van der Waals surface area contributed by atoms with Crippen LogP contribution in [0.25, 0.3) is 22.6 Å². The molecule has 46 heavy (non-hydrogen) atoms. The van der Waals surface area contributed by atoms with Crippen molar-refractivity contribution in [3.63, 3.8) is 0 Å². The molecule has 0 aromatic carbocycles. The second kappa shape index (κ2) is 10.5. The van der Waals surface area contributed by atoms with E-state index in [1.807, 2.05) is 6.20 Å². The highest BCUT2D eigenvalue weighted by molar-refractivity contribution is 7.16. The zero-order valence-corrected chi connectivity index (χ0v) is 27.5. The monoisotopic (exact) mass is 639 g/mol. The van der Waals surface area contributed by atoms with Crippen LogP contribution in [0.2, 0.25) is 0 Å². The molecule has 12 heteroatoms. The molecule has 0 amide bonds. The van der Waals surface area contributed by atoms with Gasteiger partial charge in [-0.2, -0.15) is 10.4 Å². The number of hydrogen-bond donors (Lipinski definition) is 1. The number of anilines is 2. The van der Waals surface area contributed by atoms with Crippen LogP contribution >= 0.6 is 11.3 Å². The summed E-state index contributed by atoms with van der Waals surface area (Å²) in [7, 11) is 2.21. The zero-order chi connectivity index (χ0) is 31.2. The van der Waals surface area contributed by atoms with Crippen LogP contribution < -0.4 is 10.6 Å². The van der Waals surface area contributed by atoms with Gasteiger partial charge in [-0.05, 0) is 96.7 Å². The molecule has 2 aliphatic carbocycles. The average molecular weight is 640 g/mol. The third kappa shape index (κ3) is 3.94. The van der Waals surface area contributed by atoms with Crippen molar-refractivity contribution in [2.75, 3.05) is 44.0 Å². The molecule has 5 aliphatic rings. The Bertz CT molecular complexity index is 1880. The Hall–Kier alpha value is -3.53. The molecule has 3 aliphatic heterocycles. The van der Waals surface area contributed by atoms with Gasteiger partial charge in [0.25, 0.3) is 0 Å². The van der Waals surface area contributed by atoms with Gasteiger partial charge in [-0.1, -0.05) is 5.16 Å². The highest BCUT2D eigenvalue weighted by atomic mass is 32.1. The largest absolute Gasteiger partial charge is 0.389 e. The second-order valence-corrected chi connectivity index (χ2v) is 15.4. The molecule has 0 radical (unpaired) electrons. The minimum Gasteiger partial charge on any atom is -0.389 e. The van der Waals surface area contributed by atoms with Crippen molar-refractivity contribution in [2.45, 2.75) is 101 Å². The number of nitriles is 1. The van der Waals surface area contributed by atoms with Gasteiger partial charge >= 0.3 is 0 Å². The summed E-state index contributed by atoms with van der Waals surface area (Å²) in [6.07, 6.45) is 13.2. The third-order valence-corrected chi connectivity index (χ3v) is 13.0. The van der Waals surface area contributed by atoms with Crippen molar-refractivity contribution < 1.29 is 9.26 Å². The lowest BCUT2D eigenvalue weighted by atomic mass is 9.63.